The maximum atomic E-state index is 10.2. The molecule has 0 spiro atoms. The molecule has 1 fully saturated rings. The van der Waals surface area contributed by atoms with Crippen LogP contribution in [-0.2, 0) is 6.54 Å². The van der Waals surface area contributed by atoms with E-state index in [0.717, 1.165) is 52.5 Å². The predicted octanol–water partition coefficient (Wildman–Crippen LogP) is 5.00. The molecule has 8 heteroatoms. The summed E-state index contributed by atoms with van der Waals surface area (Å²) in [6.07, 6.45) is 10.2. The molecular weight excluding hydrogens is 416 g/mol. The fourth-order valence-corrected chi connectivity index (χ4v) is 4.29. The highest BCUT2D eigenvalue weighted by molar-refractivity contribution is 5.88. The maximum Gasteiger partial charge on any atom is 0.164 e. The van der Waals surface area contributed by atoms with E-state index in [1.54, 1.807) is 20.1 Å². The zero-order valence-corrected chi connectivity index (χ0v) is 19.1. The summed E-state index contributed by atoms with van der Waals surface area (Å²) in [7, 11) is 0. The highest BCUT2D eigenvalue weighted by Crippen LogP contribution is 2.34. The van der Waals surface area contributed by atoms with Crippen LogP contribution in [0, 0.1) is 0 Å². The lowest BCUT2D eigenvalue weighted by Crippen LogP contribution is -2.29. The smallest absolute Gasteiger partial charge is 0.164 e. The molecule has 0 radical (unpaired) electrons. The second kappa shape index (κ2) is 8.86. The van der Waals surface area contributed by atoms with Crippen molar-refractivity contribution < 1.29 is 9.52 Å². The van der Waals surface area contributed by atoms with Gasteiger partial charge in [0.15, 0.2) is 11.4 Å². The van der Waals surface area contributed by atoms with Gasteiger partial charge >= 0.3 is 0 Å². The standard InChI is InChI=1S/C25H30N6O2/c1-25(2,32)15-28-22-12-20(23-24(30-22)31(16-29-23)18-6-3-4-7-18)27-14-17-9-10-19(26-13-17)21-8-5-11-33-21/h5,8-13,16,18,32H,3-4,6-7,14-15H2,1-2H3,(H2,27,28,30). The van der Waals surface area contributed by atoms with Crippen molar-refractivity contribution in [2.75, 3.05) is 17.2 Å². The number of aromatic nitrogens is 4. The third kappa shape index (κ3) is 4.85. The number of anilines is 2. The summed E-state index contributed by atoms with van der Waals surface area (Å²) in [5.41, 5.74) is 3.66. The fourth-order valence-electron chi connectivity index (χ4n) is 4.29. The molecule has 0 aromatic carbocycles. The topological polar surface area (TPSA) is 101 Å². The average Bonchev–Trinajstić information content (AvgIpc) is 3.57. The van der Waals surface area contributed by atoms with Gasteiger partial charge in [-0.1, -0.05) is 18.9 Å². The number of fused-ring (bicyclic) bond motifs is 1. The van der Waals surface area contributed by atoms with E-state index in [0.29, 0.717) is 19.1 Å². The second-order valence-electron chi connectivity index (χ2n) is 9.37. The molecule has 1 saturated carbocycles. The van der Waals surface area contributed by atoms with Gasteiger partial charge in [0.1, 0.15) is 17.0 Å². The summed E-state index contributed by atoms with van der Waals surface area (Å²) < 4.78 is 7.63. The molecule has 4 heterocycles. The zero-order valence-electron chi connectivity index (χ0n) is 19.1. The van der Waals surface area contributed by atoms with Gasteiger partial charge in [0, 0.05) is 31.4 Å². The SMILES string of the molecule is CC(C)(O)CNc1cc(NCc2ccc(-c3ccco3)nc2)c2ncn(C3CCCC3)c2n1. The Balaban J connectivity index is 1.40. The normalized spacial score (nSPS) is 14.8. The van der Waals surface area contributed by atoms with Crippen LogP contribution in [0.25, 0.3) is 22.6 Å². The Morgan fingerprint density at radius 3 is 2.70 bits per heavy atom. The van der Waals surface area contributed by atoms with Crippen LogP contribution < -0.4 is 10.6 Å². The van der Waals surface area contributed by atoms with Gasteiger partial charge in [-0.3, -0.25) is 4.98 Å². The minimum atomic E-state index is -0.836. The summed E-state index contributed by atoms with van der Waals surface area (Å²) in [5, 5.41) is 17.0. The highest BCUT2D eigenvalue weighted by Gasteiger charge is 2.22. The first-order chi connectivity index (χ1) is 16.0. The first kappa shape index (κ1) is 21.5. The van der Waals surface area contributed by atoms with E-state index < -0.39 is 5.60 Å². The van der Waals surface area contributed by atoms with E-state index in [4.69, 9.17) is 14.4 Å². The number of hydrogen-bond acceptors (Lipinski definition) is 7. The van der Waals surface area contributed by atoms with Crippen molar-refractivity contribution in [3.63, 3.8) is 0 Å². The van der Waals surface area contributed by atoms with E-state index >= 15 is 0 Å². The zero-order chi connectivity index (χ0) is 22.8. The molecule has 3 N–H and O–H groups in total. The minimum Gasteiger partial charge on any atom is -0.463 e. The van der Waals surface area contributed by atoms with Crippen molar-refractivity contribution >= 4 is 22.7 Å². The Hall–Kier alpha value is -3.39. The van der Waals surface area contributed by atoms with Crippen molar-refractivity contribution in [1.82, 2.24) is 19.5 Å². The highest BCUT2D eigenvalue weighted by atomic mass is 16.3. The van der Waals surface area contributed by atoms with Gasteiger partial charge in [0.05, 0.1) is 23.9 Å². The van der Waals surface area contributed by atoms with Crippen molar-refractivity contribution in [3.8, 4) is 11.5 Å². The number of aliphatic hydroxyl groups is 1. The van der Waals surface area contributed by atoms with Gasteiger partial charge in [-0.15, -0.1) is 0 Å². The van der Waals surface area contributed by atoms with Crippen LogP contribution >= 0.6 is 0 Å². The Labute approximate surface area is 193 Å². The molecular formula is C25H30N6O2. The summed E-state index contributed by atoms with van der Waals surface area (Å²) in [6.45, 7) is 4.56. The minimum absolute atomic E-state index is 0.403. The lowest BCUT2D eigenvalue weighted by molar-refractivity contribution is 0.0944. The quantitative estimate of drug-likeness (QED) is 0.350. The average molecular weight is 447 g/mol. The van der Waals surface area contributed by atoms with Gasteiger partial charge < -0.3 is 24.7 Å². The largest absolute Gasteiger partial charge is 0.463 e. The molecule has 0 amide bonds. The second-order valence-corrected chi connectivity index (χ2v) is 9.37. The van der Waals surface area contributed by atoms with Crippen molar-refractivity contribution in [2.45, 2.75) is 57.7 Å². The van der Waals surface area contributed by atoms with Crippen LogP contribution in [0.15, 0.2) is 53.5 Å². The van der Waals surface area contributed by atoms with Gasteiger partial charge in [-0.2, -0.15) is 0 Å². The molecule has 4 aromatic rings. The number of imidazole rings is 1. The van der Waals surface area contributed by atoms with Crippen LogP contribution in [0.1, 0.15) is 51.1 Å². The lowest BCUT2D eigenvalue weighted by atomic mass is 10.1. The molecule has 4 aromatic heterocycles. The number of nitrogens with one attached hydrogen (secondary N) is 2. The molecule has 0 unspecified atom stereocenters. The first-order valence-corrected chi connectivity index (χ1v) is 11.5. The van der Waals surface area contributed by atoms with Crippen LogP contribution in [0.4, 0.5) is 11.5 Å². The van der Waals surface area contributed by atoms with E-state index in [-0.39, 0.29) is 0 Å². The summed E-state index contributed by atoms with van der Waals surface area (Å²) in [4.78, 5) is 14.1. The molecule has 5 rings (SSSR count). The molecule has 172 valence electrons. The monoisotopic (exact) mass is 446 g/mol. The summed E-state index contributed by atoms with van der Waals surface area (Å²) >= 11 is 0. The van der Waals surface area contributed by atoms with Crippen LogP contribution in [0.2, 0.25) is 0 Å². The molecule has 0 saturated heterocycles. The molecule has 8 nitrogen and oxygen atoms in total. The van der Waals surface area contributed by atoms with Crippen molar-refractivity contribution in [2.24, 2.45) is 0 Å². The van der Waals surface area contributed by atoms with Gasteiger partial charge in [0.2, 0.25) is 0 Å². The van der Waals surface area contributed by atoms with Gasteiger partial charge in [-0.05, 0) is 50.5 Å². The van der Waals surface area contributed by atoms with E-state index in [1.165, 1.54) is 12.8 Å². The Morgan fingerprint density at radius 1 is 1.15 bits per heavy atom. The molecule has 0 aliphatic heterocycles. The number of furan rings is 1. The predicted molar refractivity (Wildman–Crippen MR) is 129 cm³/mol. The van der Waals surface area contributed by atoms with Crippen molar-refractivity contribution in [3.05, 3.63) is 54.7 Å². The lowest BCUT2D eigenvalue weighted by Gasteiger charge is -2.19. The molecule has 1 aliphatic rings. The Bertz CT molecular complexity index is 1200. The Morgan fingerprint density at radius 2 is 2.00 bits per heavy atom. The third-order valence-corrected chi connectivity index (χ3v) is 6.03. The molecule has 0 atom stereocenters. The maximum absolute atomic E-state index is 10.2. The van der Waals surface area contributed by atoms with Crippen LogP contribution in [0.3, 0.4) is 0 Å². The summed E-state index contributed by atoms with van der Waals surface area (Å²) in [5.74, 6) is 1.48. The van der Waals surface area contributed by atoms with E-state index in [1.807, 2.05) is 42.9 Å². The van der Waals surface area contributed by atoms with Gasteiger partial charge in [-0.25, -0.2) is 9.97 Å². The van der Waals surface area contributed by atoms with E-state index in [9.17, 15) is 5.11 Å². The van der Waals surface area contributed by atoms with Gasteiger partial charge in [0.25, 0.3) is 0 Å². The molecule has 33 heavy (non-hydrogen) atoms. The number of pyridine rings is 2. The number of rotatable bonds is 8. The third-order valence-electron chi connectivity index (χ3n) is 6.03. The number of hydrogen-bond donors (Lipinski definition) is 3. The number of nitrogens with zero attached hydrogens (tertiary/aromatic N) is 4. The van der Waals surface area contributed by atoms with E-state index in [2.05, 4.69) is 20.2 Å². The van der Waals surface area contributed by atoms with Crippen molar-refractivity contribution in [1.29, 1.82) is 0 Å². The summed E-state index contributed by atoms with van der Waals surface area (Å²) in [6, 6.07) is 10.2. The molecule has 1 aliphatic carbocycles. The van der Waals surface area contributed by atoms with Crippen LogP contribution in [-0.4, -0.2) is 36.8 Å². The Kier molecular flexibility index (Phi) is 5.76. The molecule has 0 bridgehead atoms. The fraction of sp³-hybridized carbons (Fsp3) is 0.400. The van der Waals surface area contributed by atoms with Crippen LogP contribution in [0.5, 0.6) is 0 Å². The first-order valence-electron chi connectivity index (χ1n) is 11.5.